The van der Waals surface area contributed by atoms with Gasteiger partial charge in [0.15, 0.2) is 0 Å². The summed E-state index contributed by atoms with van der Waals surface area (Å²) in [6, 6.07) is 3.89. The van der Waals surface area contributed by atoms with E-state index in [2.05, 4.69) is 32.0 Å². The molecule has 1 fully saturated rings. The normalized spacial score (nSPS) is 16.8. The molecule has 3 rings (SSSR count). The third-order valence-electron chi connectivity index (χ3n) is 3.36. The minimum atomic E-state index is 0.529. The first-order valence-electron chi connectivity index (χ1n) is 6.42. The lowest BCUT2D eigenvalue weighted by Gasteiger charge is -2.31. The average molecular weight is 259 g/mol. The molecule has 0 spiro atoms. The van der Waals surface area contributed by atoms with Crippen molar-refractivity contribution in [3.8, 4) is 11.5 Å². The van der Waals surface area contributed by atoms with Gasteiger partial charge in [-0.1, -0.05) is 0 Å². The summed E-state index contributed by atoms with van der Waals surface area (Å²) in [5.74, 6) is 1.20. The van der Waals surface area contributed by atoms with E-state index in [0.717, 1.165) is 37.4 Å². The van der Waals surface area contributed by atoms with Crippen LogP contribution in [0.15, 0.2) is 22.9 Å². The lowest BCUT2D eigenvalue weighted by molar-refractivity contribution is 0.309. The second-order valence-electron chi connectivity index (χ2n) is 4.88. The second kappa shape index (κ2) is 4.97. The maximum absolute atomic E-state index is 5.31. The molecule has 6 nitrogen and oxygen atoms in total. The lowest BCUT2D eigenvalue weighted by Crippen LogP contribution is -2.44. The molecule has 2 aromatic rings. The number of rotatable bonds is 2. The number of aromatic nitrogens is 3. The molecule has 0 bridgehead atoms. The second-order valence-corrected chi connectivity index (χ2v) is 4.88. The van der Waals surface area contributed by atoms with Gasteiger partial charge >= 0.3 is 0 Å². The number of piperazine rings is 1. The summed E-state index contributed by atoms with van der Waals surface area (Å²) in [6.07, 6.45) is 1.76. The molecular formula is C13H17N5O. The number of aryl methyl sites for hydroxylation is 1. The fourth-order valence-electron chi connectivity index (χ4n) is 2.06. The largest absolute Gasteiger partial charge is 0.336 e. The van der Waals surface area contributed by atoms with Crippen LogP contribution < -0.4 is 4.90 Å². The molecular weight excluding hydrogens is 242 g/mol. The summed E-state index contributed by atoms with van der Waals surface area (Å²) in [7, 11) is 2.12. The smallest absolute Gasteiger partial charge is 0.266 e. The first kappa shape index (κ1) is 12.1. The van der Waals surface area contributed by atoms with Gasteiger partial charge < -0.3 is 14.3 Å². The van der Waals surface area contributed by atoms with Crippen LogP contribution in [0.1, 0.15) is 5.69 Å². The molecule has 1 saturated heterocycles. The van der Waals surface area contributed by atoms with Crippen LogP contribution in [0.25, 0.3) is 11.5 Å². The minimum absolute atomic E-state index is 0.529. The summed E-state index contributed by atoms with van der Waals surface area (Å²) >= 11 is 0. The highest BCUT2D eigenvalue weighted by Crippen LogP contribution is 2.20. The van der Waals surface area contributed by atoms with E-state index in [-0.39, 0.29) is 0 Å². The van der Waals surface area contributed by atoms with Crippen LogP contribution in [0.5, 0.6) is 0 Å². The molecule has 0 aliphatic carbocycles. The molecule has 2 aromatic heterocycles. The van der Waals surface area contributed by atoms with Gasteiger partial charge in [0.1, 0.15) is 0 Å². The van der Waals surface area contributed by atoms with Crippen molar-refractivity contribution < 1.29 is 4.52 Å². The number of nitrogens with zero attached hydrogens (tertiary/aromatic N) is 5. The molecule has 6 heteroatoms. The van der Waals surface area contributed by atoms with E-state index in [1.54, 1.807) is 6.20 Å². The molecule has 1 aliphatic rings. The Morgan fingerprint density at radius 3 is 2.63 bits per heavy atom. The van der Waals surface area contributed by atoms with E-state index >= 15 is 0 Å². The Morgan fingerprint density at radius 1 is 1.16 bits per heavy atom. The third-order valence-corrected chi connectivity index (χ3v) is 3.36. The first-order valence-corrected chi connectivity index (χ1v) is 6.42. The van der Waals surface area contributed by atoms with E-state index in [0.29, 0.717) is 11.8 Å². The molecule has 0 amide bonds. The zero-order chi connectivity index (χ0) is 13.2. The SMILES string of the molecule is Cc1ccc(-c2nc(N3CCN(C)CC3)no2)cn1. The van der Waals surface area contributed by atoms with Gasteiger partial charge in [0.05, 0.1) is 5.56 Å². The zero-order valence-electron chi connectivity index (χ0n) is 11.2. The van der Waals surface area contributed by atoms with Gasteiger partial charge in [-0.05, 0) is 31.3 Å². The number of likely N-dealkylation sites (N-methyl/N-ethyl adjacent to an activating group) is 1. The fraction of sp³-hybridized carbons (Fsp3) is 0.462. The number of anilines is 1. The maximum Gasteiger partial charge on any atom is 0.266 e. The van der Waals surface area contributed by atoms with Crippen LogP contribution in [-0.4, -0.2) is 53.3 Å². The van der Waals surface area contributed by atoms with Gasteiger partial charge in [0.25, 0.3) is 11.8 Å². The predicted octanol–water partition coefficient (Wildman–Crippen LogP) is 1.19. The van der Waals surface area contributed by atoms with Gasteiger partial charge in [-0.25, -0.2) is 0 Å². The van der Waals surface area contributed by atoms with Gasteiger partial charge in [-0.2, -0.15) is 4.98 Å². The third kappa shape index (κ3) is 2.58. The Hall–Kier alpha value is -1.95. The van der Waals surface area contributed by atoms with E-state index in [1.807, 2.05) is 19.1 Å². The van der Waals surface area contributed by atoms with Crippen LogP contribution in [0.3, 0.4) is 0 Å². The van der Waals surface area contributed by atoms with Gasteiger partial charge in [-0.15, -0.1) is 0 Å². The van der Waals surface area contributed by atoms with E-state index in [1.165, 1.54) is 0 Å². The van der Waals surface area contributed by atoms with Crippen molar-refractivity contribution in [2.24, 2.45) is 0 Å². The minimum Gasteiger partial charge on any atom is -0.336 e. The van der Waals surface area contributed by atoms with Gasteiger partial charge in [0.2, 0.25) is 0 Å². The van der Waals surface area contributed by atoms with Crippen LogP contribution in [0.4, 0.5) is 5.95 Å². The topological polar surface area (TPSA) is 58.3 Å². The Labute approximate surface area is 112 Å². The van der Waals surface area contributed by atoms with E-state index in [4.69, 9.17) is 4.52 Å². The molecule has 0 unspecified atom stereocenters. The van der Waals surface area contributed by atoms with Crippen molar-refractivity contribution >= 4 is 5.95 Å². The molecule has 1 aliphatic heterocycles. The van der Waals surface area contributed by atoms with Crippen molar-refractivity contribution in [3.05, 3.63) is 24.0 Å². The molecule has 19 heavy (non-hydrogen) atoms. The molecule has 0 atom stereocenters. The van der Waals surface area contributed by atoms with Crippen molar-refractivity contribution in [2.45, 2.75) is 6.92 Å². The number of hydrogen-bond donors (Lipinski definition) is 0. The number of pyridine rings is 1. The molecule has 0 saturated carbocycles. The van der Waals surface area contributed by atoms with Crippen LogP contribution >= 0.6 is 0 Å². The Morgan fingerprint density at radius 2 is 1.95 bits per heavy atom. The monoisotopic (exact) mass is 259 g/mol. The van der Waals surface area contributed by atoms with E-state index < -0.39 is 0 Å². The average Bonchev–Trinajstić information content (AvgIpc) is 2.90. The Balaban J connectivity index is 1.77. The molecule has 3 heterocycles. The summed E-state index contributed by atoms with van der Waals surface area (Å²) in [5, 5.41) is 4.06. The van der Waals surface area contributed by atoms with Crippen LogP contribution in [0, 0.1) is 6.92 Å². The quantitative estimate of drug-likeness (QED) is 0.807. The predicted molar refractivity (Wildman–Crippen MR) is 72.0 cm³/mol. The molecule has 0 N–H and O–H groups in total. The van der Waals surface area contributed by atoms with Crippen molar-refractivity contribution in [2.75, 3.05) is 38.1 Å². The fourth-order valence-corrected chi connectivity index (χ4v) is 2.06. The van der Waals surface area contributed by atoms with Crippen molar-refractivity contribution in [1.82, 2.24) is 20.0 Å². The van der Waals surface area contributed by atoms with Gasteiger partial charge in [0, 0.05) is 38.1 Å². The molecule has 0 radical (unpaired) electrons. The molecule has 0 aromatic carbocycles. The standard InChI is InChI=1S/C13H17N5O/c1-10-3-4-11(9-14-10)12-15-13(16-19-12)18-7-5-17(2)6-8-18/h3-4,9H,5-8H2,1-2H3. The van der Waals surface area contributed by atoms with E-state index in [9.17, 15) is 0 Å². The lowest BCUT2D eigenvalue weighted by atomic mass is 10.2. The van der Waals surface area contributed by atoms with Gasteiger partial charge in [-0.3, -0.25) is 4.98 Å². The Bertz CT molecular complexity index is 542. The van der Waals surface area contributed by atoms with Crippen LogP contribution in [0.2, 0.25) is 0 Å². The van der Waals surface area contributed by atoms with Crippen molar-refractivity contribution in [3.63, 3.8) is 0 Å². The number of hydrogen-bond acceptors (Lipinski definition) is 6. The maximum atomic E-state index is 5.31. The summed E-state index contributed by atoms with van der Waals surface area (Å²) in [5.41, 5.74) is 1.83. The highest BCUT2D eigenvalue weighted by molar-refractivity contribution is 5.53. The highest BCUT2D eigenvalue weighted by Gasteiger charge is 2.19. The molecule has 100 valence electrons. The summed E-state index contributed by atoms with van der Waals surface area (Å²) < 4.78 is 5.31. The van der Waals surface area contributed by atoms with Crippen LogP contribution in [-0.2, 0) is 0 Å². The first-order chi connectivity index (χ1) is 9.22. The summed E-state index contributed by atoms with van der Waals surface area (Å²) in [6.45, 7) is 5.86. The summed E-state index contributed by atoms with van der Waals surface area (Å²) in [4.78, 5) is 13.1. The Kier molecular flexibility index (Phi) is 3.16. The highest BCUT2D eigenvalue weighted by atomic mass is 16.5. The zero-order valence-corrected chi connectivity index (χ0v) is 11.2. The van der Waals surface area contributed by atoms with Crippen molar-refractivity contribution in [1.29, 1.82) is 0 Å².